The molecular weight excluding hydrogens is 224 g/mol. The van der Waals surface area contributed by atoms with E-state index in [0.717, 1.165) is 0 Å². The lowest BCUT2D eigenvalue weighted by Gasteiger charge is -2.25. The molecule has 0 N–H and O–H groups in total. The lowest BCUT2D eigenvalue weighted by molar-refractivity contribution is 0.291. The highest BCUT2D eigenvalue weighted by atomic mass is 32.2. The zero-order chi connectivity index (χ0) is 11.4. The number of hydrogen-bond donors (Lipinski definition) is 0. The first-order valence-electron chi connectivity index (χ1n) is 5.48. The van der Waals surface area contributed by atoms with Crippen molar-refractivity contribution >= 4 is 9.84 Å². The third kappa shape index (κ3) is 1.33. The predicted octanol–water partition coefficient (Wildman–Crippen LogP) is 1.78. The number of epoxide rings is 1. The van der Waals surface area contributed by atoms with Gasteiger partial charge in [-0.15, -0.1) is 0 Å². The Morgan fingerprint density at radius 1 is 1.19 bits per heavy atom. The number of benzene rings is 1. The van der Waals surface area contributed by atoms with Crippen LogP contribution in [0.3, 0.4) is 0 Å². The van der Waals surface area contributed by atoms with Gasteiger partial charge in [0.15, 0.2) is 9.84 Å². The quantitative estimate of drug-likeness (QED) is 0.738. The summed E-state index contributed by atoms with van der Waals surface area (Å²) in [5.41, 5.74) is 0. The van der Waals surface area contributed by atoms with Crippen LogP contribution in [-0.2, 0) is 14.6 Å². The summed E-state index contributed by atoms with van der Waals surface area (Å²) in [5.74, 6) is 0. The van der Waals surface area contributed by atoms with Gasteiger partial charge < -0.3 is 4.74 Å². The summed E-state index contributed by atoms with van der Waals surface area (Å²) in [6.07, 6.45) is 1.64. The molecule has 0 spiro atoms. The van der Waals surface area contributed by atoms with Gasteiger partial charge in [0.1, 0.15) is 0 Å². The summed E-state index contributed by atoms with van der Waals surface area (Å²) in [7, 11) is -3.22. The Morgan fingerprint density at radius 3 is 2.31 bits per heavy atom. The highest BCUT2D eigenvalue weighted by molar-refractivity contribution is 7.92. The average Bonchev–Trinajstić information content (AvgIpc) is 2.88. The normalized spacial score (nSPS) is 37.1. The van der Waals surface area contributed by atoms with Crippen molar-refractivity contribution in [3.63, 3.8) is 0 Å². The van der Waals surface area contributed by atoms with Gasteiger partial charge in [-0.3, -0.25) is 0 Å². The molecule has 1 saturated heterocycles. The molecule has 1 aromatic rings. The second-order valence-corrected chi connectivity index (χ2v) is 7.35. The van der Waals surface area contributed by atoms with Crippen LogP contribution >= 0.6 is 0 Å². The highest BCUT2D eigenvalue weighted by Gasteiger charge is 2.59. The Labute approximate surface area is 95.3 Å². The van der Waals surface area contributed by atoms with Crippen molar-refractivity contribution < 1.29 is 13.2 Å². The van der Waals surface area contributed by atoms with Crippen molar-refractivity contribution in [2.24, 2.45) is 0 Å². The van der Waals surface area contributed by atoms with E-state index < -0.39 is 14.6 Å². The van der Waals surface area contributed by atoms with Gasteiger partial charge in [-0.25, -0.2) is 8.42 Å². The van der Waals surface area contributed by atoms with Crippen molar-refractivity contribution in [2.75, 3.05) is 0 Å². The maximum absolute atomic E-state index is 12.5. The summed E-state index contributed by atoms with van der Waals surface area (Å²) in [4.78, 5) is 0.429. The van der Waals surface area contributed by atoms with Gasteiger partial charge in [0.05, 0.1) is 21.9 Å². The van der Waals surface area contributed by atoms with E-state index in [4.69, 9.17) is 4.74 Å². The highest BCUT2D eigenvalue weighted by Crippen LogP contribution is 2.49. The number of ether oxygens (including phenoxy) is 1. The summed E-state index contributed by atoms with van der Waals surface area (Å²) in [6, 6.07) is 8.71. The lowest BCUT2D eigenvalue weighted by Crippen LogP contribution is -2.34. The standard InChI is InChI=1S/C12H14O3S/c1-12(7-10-11(8-12)15-10)16(13,14)9-5-3-2-4-6-9/h2-6,10-11H,7-8H2,1H3. The van der Waals surface area contributed by atoms with E-state index in [1.54, 1.807) is 24.3 Å². The van der Waals surface area contributed by atoms with E-state index in [-0.39, 0.29) is 12.2 Å². The SMILES string of the molecule is CC1(S(=O)(=O)c2ccccc2)CC2OC2C1. The van der Waals surface area contributed by atoms with Crippen molar-refractivity contribution in [1.29, 1.82) is 0 Å². The fourth-order valence-corrected chi connectivity index (χ4v) is 4.43. The third-order valence-electron chi connectivity index (χ3n) is 3.66. The van der Waals surface area contributed by atoms with Gasteiger partial charge in [-0.2, -0.15) is 0 Å². The van der Waals surface area contributed by atoms with E-state index in [1.807, 2.05) is 13.0 Å². The van der Waals surface area contributed by atoms with Crippen LogP contribution in [-0.4, -0.2) is 25.4 Å². The fourth-order valence-electron chi connectivity index (χ4n) is 2.58. The Morgan fingerprint density at radius 2 is 1.75 bits per heavy atom. The molecule has 16 heavy (non-hydrogen) atoms. The summed E-state index contributed by atoms with van der Waals surface area (Å²) in [6.45, 7) is 1.84. The zero-order valence-corrected chi connectivity index (χ0v) is 9.91. The van der Waals surface area contributed by atoms with Crippen LogP contribution in [0.15, 0.2) is 35.2 Å². The molecule has 2 unspecified atom stereocenters. The van der Waals surface area contributed by atoms with Gasteiger partial charge in [0, 0.05) is 0 Å². The van der Waals surface area contributed by atoms with Gasteiger partial charge >= 0.3 is 0 Å². The van der Waals surface area contributed by atoms with E-state index in [9.17, 15) is 8.42 Å². The number of sulfone groups is 1. The van der Waals surface area contributed by atoms with Crippen LogP contribution in [0.1, 0.15) is 19.8 Å². The monoisotopic (exact) mass is 238 g/mol. The Bertz CT molecular complexity index is 496. The van der Waals surface area contributed by atoms with Crippen LogP contribution < -0.4 is 0 Å². The minimum atomic E-state index is -3.22. The molecule has 3 rings (SSSR count). The molecule has 3 nitrogen and oxygen atoms in total. The molecule has 0 aromatic heterocycles. The van der Waals surface area contributed by atoms with Gasteiger partial charge in [-0.05, 0) is 31.9 Å². The Hall–Kier alpha value is -0.870. The van der Waals surface area contributed by atoms with Gasteiger partial charge in [-0.1, -0.05) is 18.2 Å². The fraction of sp³-hybridized carbons (Fsp3) is 0.500. The molecule has 0 amide bonds. The third-order valence-corrected chi connectivity index (χ3v) is 6.18. The van der Waals surface area contributed by atoms with Crippen molar-refractivity contribution in [2.45, 2.75) is 41.6 Å². The van der Waals surface area contributed by atoms with Crippen LogP contribution in [0.2, 0.25) is 0 Å². The first-order chi connectivity index (χ1) is 7.53. The number of rotatable bonds is 2. The molecule has 2 atom stereocenters. The van der Waals surface area contributed by atoms with Gasteiger partial charge in [0.2, 0.25) is 0 Å². The molecule has 2 aliphatic rings. The molecule has 1 saturated carbocycles. The maximum Gasteiger partial charge on any atom is 0.183 e. The second-order valence-electron chi connectivity index (χ2n) is 4.89. The van der Waals surface area contributed by atoms with Gasteiger partial charge in [0.25, 0.3) is 0 Å². The molecule has 0 radical (unpaired) electrons. The second kappa shape index (κ2) is 3.08. The smallest absolute Gasteiger partial charge is 0.183 e. The minimum Gasteiger partial charge on any atom is -0.369 e. The molecule has 86 valence electrons. The van der Waals surface area contributed by atoms with E-state index in [0.29, 0.717) is 17.7 Å². The minimum absolute atomic E-state index is 0.184. The first-order valence-corrected chi connectivity index (χ1v) is 6.96. The molecule has 1 heterocycles. The average molecular weight is 238 g/mol. The molecule has 1 aliphatic heterocycles. The van der Waals surface area contributed by atoms with Crippen LogP contribution in [0.5, 0.6) is 0 Å². The molecular formula is C12H14O3S. The summed E-state index contributed by atoms with van der Waals surface area (Å²) in [5, 5.41) is 0. The van der Waals surface area contributed by atoms with Crippen LogP contribution in [0, 0.1) is 0 Å². The number of hydrogen-bond acceptors (Lipinski definition) is 3. The predicted molar refractivity (Wildman–Crippen MR) is 59.9 cm³/mol. The summed E-state index contributed by atoms with van der Waals surface area (Å²) >= 11 is 0. The lowest BCUT2D eigenvalue weighted by atomic mass is 10.1. The molecule has 2 fully saturated rings. The Balaban J connectivity index is 2.00. The van der Waals surface area contributed by atoms with E-state index in [1.165, 1.54) is 0 Å². The maximum atomic E-state index is 12.5. The van der Waals surface area contributed by atoms with Crippen molar-refractivity contribution in [3.8, 4) is 0 Å². The number of fused-ring (bicyclic) bond motifs is 1. The molecule has 1 aliphatic carbocycles. The zero-order valence-electron chi connectivity index (χ0n) is 9.09. The molecule has 4 heteroatoms. The van der Waals surface area contributed by atoms with Crippen LogP contribution in [0.4, 0.5) is 0 Å². The molecule has 0 bridgehead atoms. The topological polar surface area (TPSA) is 46.7 Å². The summed E-state index contributed by atoms with van der Waals surface area (Å²) < 4.78 is 29.6. The largest absolute Gasteiger partial charge is 0.369 e. The van der Waals surface area contributed by atoms with Crippen LogP contribution in [0.25, 0.3) is 0 Å². The Kier molecular flexibility index (Phi) is 1.98. The first kappa shape index (κ1) is 10.3. The van der Waals surface area contributed by atoms with Crippen molar-refractivity contribution in [1.82, 2.24) is 0 Å². The molecule has 1 aromatic carbocycles. The van der Waals surface area contributed by atoms with Crippen molar-refractivity contribution in [3.05, 3.63) is 30.3 Å². The van der Waals surface area contributed by atoms with E-state index >= 15 is 0 Å². The van der Waals surface area contributed by atoms with E-state index in [2.05, 4.69) is 0 Å².